The molecule has 1 fully saturated rings. The number of ether oxygens (including phenoxy) is 1. The molecule has 6 nitrogen and oxygen atoms in total. The first kappa shape index (κ1) is 22.4. The average molecular weight is 441 g/mol. The first-order valence-electron chi connectivity index (χ1n) is 11.1. The molecule has 1 aliphatic heterocycles. The van der Waals surface area contributed by atoms with Gasteiger partial charge >= 0.3 is 0 Å². The van der Waals surface area contributed by atoms with E-state index in [0.29, 0.717) is 5.69 Å². The quantitative estimate of drug-likeness (QED) is 0.458. The molecular formula is C27H28N4O2. The van der Waals surface area contributed by atoms with Crippen LogP contribution in [0.25, 0.3) is 11.8 Å². The summed E-state index contributed by atoms with van der Waals surface area (Å²) in [5.74, 6) is -0.414. The minimum absolute atomic E-state index is 0.0689. The molecule has 1 saturated heterocycles. The molecule has 0 bridgehead atoms. The zero-order chi connectivity index (χ0) is 23.4. The Bertz CT molecular complexity index is 1230. The largest absolute Gasteiger partial charge is 0.378 e. The number of amides is 1. The normalized spacial score (nSPS) is 14.1. The van der Waals surface area contributed by atoms with Gasteiger partial charge in [0.25, 0.3) is 5.91 Å². The molecule has 0 spiro atoms. The minimum atomic E-state index is -0.414. The van der Waals surface area contributed by atoms with E-state index in [-0.39, 0.29) is 5.57 Å². The van der Waals surface area contributed by atoms with E-state index >= 15 is 0 Å². The molecule has 6 heteroatoms. The molecule has 0 unspecified atom stereocenters. The van der Waals surface area contributed by atoms with Gasteiger partial charge in [-0.3, -0.25) is 4.79 Å². The van der Waals surface area contributed by atoms with Crippen molar-refractivity contribution in [3.8, 4) is 11.8 Å². The van der Waals surface area contributed by atoms with Crippen molar-refractivity contribution in [3.63, 3.8) is 0 Å². The van der Waals surface area contributed by atoms with Crippen LogP contribution in [0.15, 0.2) is 60.2 Å². The number of rotatable bonds is 5. The van der Waals surface area contributed by atoms with Crippen LogP contribution in [0.2, 0.25) is 0 Å². The Balaban J connectivity index is 1.58. The van der Waals surface area contributed by atoms with Gasteiger partial charge in [-0.05, 0) is 80.4 Å². The van der Waals surface area contributed by atoms with Crippen molar-refractivity contribution in [2.45, 2.75) is 20.8 Å². The lowest BCUT2D eigenvalue weighted by Gasteiger charge is -2.29. The maximum Gasteiger partial charge on any atom is 0.266 e. The van der Waals surface area contributed by atoms with E-state index in [1.165, 1.54) is 5.69 Å². The molecule has 2 heterocycles. The van der Waals surface area contributed by atoms with Gasteiger partial charge in [0.2, 0.25) is 0 Å². The summed E-state index contributed by atoms with van der Waals surface area (Å²) in [6.45, 7) is 9.30. The van der Waals surface area contributed by atoms with Crippen LogP contribution in [0.5, 0.6) is 0 Å². The summed E-state index contributed by atoms with van der Waals surface area (Å²) in [6, 6.07) is 20.0. The third-order valence-electron chi connectivity index (χ3n) is 5.90. The Kier molecular flexibility index (Phi) is 6.62. The van der Waals surface area contributed by atoms with E-state index in [1.54, 1.807) is 6.08 Å². The smallest absolute Gasteiger partial charge is 0.266 e. The summed E-state index contributed by atoms with van der Waals surface area (Å²) in [4.78, 5) is 15.0. The maximum absolute atomic E-state index is 12.7. The van der Waals surface area contributed by atoms with Crippen molar-refractivity contribution >= 4 is 23.4 Å². The van der Waals surface area contributed by atoms with Gasteiger partial charge in [-0.2, -0.15) is 5.26 Å². The maximum atomic E-state index is 12.7. The number of carbonyl (C=O) groups excluding carboxylic acids is 1. The van der Waals surface area contributed by atoms with Crippen LogP contribution >= 0.6 is 0 Å². The molecule has 168 valence electrons. The van der Waals surface area contributed by atoms with Crippen LogP contribution in [0.3, 0.4) is 0 Å². The van der Waals surface area contributed by atoms with Crippen molar-refractivity contribution in [1.82, 2.24) is 4.57 Å². The van der Waals surface area contributed by atoms with Gasteiger partial charge in [-0.15, -0.1) is 0 Å². The number of aromatic nitrogens is 1. The molecule has 0 atom stereocenters. The molecule has 1 aliphatic rings. The number of hydrogen-bond acceptors (Lipinski definition) is 4. The Morgan fingerprint density at radius 2 is 1.73 bits per heavy atom. The number of anilines is 2. The third-order valence-corrected chi connectivity index (χ3v) is 5.90. The number of benzene rings is 2. The summed E-state index contributed by atoms with van der Waals surface area (Å²) in [6.07, 6.45) is 1.66. The lowest BCUT2D eigenvalue weighted by molar-refractivity contribution is -0.112. The standard InChI is InChI=1S/C27H28N4O2/c1-19-5-4-6-24(15-19)29-27(32)23(18-28)17-22-16-20(2)31(21(22)3)26-9-7-25(8-10-26)30-11-13-33-14-12-30/h4-10,15-17H,11-14H2,1-3H3,(H,29,32)/b23-17-. The van der Waals surface area contributed by atoms with Gasteiger partial charge in [0.15, 0.2) is 0 Å². The highest BCUT2D eigenvalue weighted by atomic mass is 16.5. The highest BCUT2D eigenvalue weighted by Gasteiger charge is 2.15. The highest BCUT2D eigenvalue weighted by molar-refractivity contribution is 6.09. The number of nitrogens with one attached hydrogen (secondary N) is 1. The Labute approximate surface area is 194 Å². The van der Waals surface area contributed by atoms with E-state index in [2.05, 4.69) is 39.0 Å². The van der Waals surface area contributed by atoms with Crippen LogP contribution in [-0.4, -0.2) is 36.8 Å². The van der Waals surface area contributed by atoms with Crippen molar-refractivity contribution in [2.24, 2.45) is 0 Å². The molecule has 33 heavy (non-hydrogen) atoms. The Morgan fingerprint density at radius 1 is 1.03 bits per heavy atom. The minimum Gasteiger partial charge on any atom is -0.378 e. The second kappa shape index (κ2) is 9.76. The van der Waals surface area contributed by atoms with Crippen molar-refractivity contribution < 1.29 is 9.53 Å². The summed E-state index contributed by atoms with van der Waals surface area (Å²) < 4.78 is 7.58. The average Bonchev–Trinajstić information content (AvgIpc) is 3.10. The van der Waals surface area contributed by atoms with Crippen molar-refractivity contribution in [3.05, 3.63) is 82.7 Å². The number of nitriles is 1. The monoisotopic (exact) mass is 440 g/mol. The topological polar surface area (TPSA) is 70.3 Å². The molecule has 0 radical (unpaired) electrons. The number of aryl methyl sites for hydroxylation is 2. The molecule has 0 saturated carbocycles. The molecule has 1 amide bonds. The summed E-state index contributed by atoms with van der Waals surface area (Å²) >= 11 is 0. The van der Waals surface area contributed by atoms with Crippen LogP contribution in [0, 0.1) is 32.1 Å². The number of hydrogen-bond donors (Lipinski definition) is 1. The third kappa shape index (κ3) is 5.00. The fraction of sp³-hybridized carbons (Fsp3) is 0.259. The molecule has 1 aromatic heterocycles. The molecular weight excluding hydrogens is 412 g/mol. The molecule has 3 aromatic rings. The van der Waals surface area contributed by atoms with E-state index in [4.69, 9.17) is 4.74 Å². The SMILES string of the molecule is Cc1cccc(NC(=O)/C(C#N)=C\c2cc(C)n(-c3ccc(N4CCOCC4)cc3)c2C)c1. The van der Waals surface area contributed by atoms with Crippen LogP contribution in [-0.2, 0) is 9.53 Å². The summed E-state index contributed by atoms with van der Waals surface area (Å²) in [5.41, 5.74) is 6.87. The van der Waals surface area contributed by atoms with Gasteiger partial charge in [-0.25, -0.2) is 0 Å². The van der Waals surface area contributed by atoms with Gasteiger partial charge in [0, 0.05) is 41.5 Å². The fourth-order valence-corrected chi connectivity index (χ4v) is 4.19. The first-order chi connectivity index (χ1) is 16.0. The number of nitrogens with zero attached hydrogens (tertiary/aromatic N) is 3. The number of morpholine rings is 1. The van der Waals surface area contributed by atoms with Crippen LogP contribution < -0.4 is 10.2 Å². The zero-order valence-corrected chi connectivity index (χ0v) is 19.3. The van der Waals surface area contributed by atoms with Crippen LogP contribution in [0.1, 0.15) is 22.5 Å². The summed E-state index contributed by atoms with van der Waals surface area (Å²) in [5, 5.41) is 12.4. The predicted molar refractivity (Wildman–Crippen MR) is 132 cm³/mol. The predicted octanol–water partition coefficient (Wildman–Crippen LogP) is 4.78. The van der Waals surface area contributed by atoms with E-state index < -0.39 is 5.91 Å². The summed E-state index contributed by atoms with van der Waals surface area (Å²) in [7, 11) is 0. The van der Waals surface area contributed by atoms with Crippen LogP contribution in [0.4, 0.5) is 11.4 Å². The van der Waals surface area contributed by atoms with E-state index in [9.17, 15) is 10.1 Å². The van der Waals surface area contributed by atoms with E-state index in [0.717, 1.165) is 54.5 Å². The molecule has 4 rings (SSSR count). The van der Waals surface area contributed by atoms with Gasteiger partial charge in [0.1, 0.15) is 11.6 Å². The lowest BCUT2D eigenvalue weighted by Crippen LogP contribution is -2.36. The Hall–Kier alpha value is -3.82. The van der Waals surface area contributed by atoms with Gasteiger partial charge in [0.05, 0.1) is 13.2 Å². The second-order valence-corrected chi connectivity index (χ2v) is 8.27. The Morgan fingerprint density at radius 3 is 2.39 bits per heavy atom. The first-order valence-corrected chi connectivity index (χ1v) is 11.1. The van der Waals surface area contributed by atoms with E-state index in [1.807, 2.05) is 57.2 Å². The highest BCUT2D eigenvalue weighted by Crippen LogP contribution is 2.25. The molecule has 0 aliphatic carbocycles. The second-order valence-electron chi connectivity index (χ2n) is 8.27. The molecule has 1 N–H and O–H groups in total. The van der Waals surface area contributed by atoms with Crippen molar-refractivity contribution in [2.75, 3.05) is 36.5 Å². The molecule has 2 aromatic carbocycles. The fourth-order valence-electron chi connectivity index (χ4n) is 4.19. The van der Waals surface area contributed by atoms with Crippen molar-refractivity contribution in [1.29, 1.82) is 5.26 Å². The zero-order valence-electron chi connectivity index (χ0n) is 19.3. The van der Waals surface area contributed by atoms with Gasteiger partial charge in [-0.1, -0.05) is 12.1 Å². The lowest BCUT2D eigenvalue weighted by atomic mass is 10.1. The number of carbonyl (C=O) groups is 1. The van der Waals surface area contributed by atoms with Gasteiger partial charge < -0.3 is 19.5 Å².